The molecule has 148 valence electrons. The van der Waals surface area contributed by atoms with Gasteiger partial charge in [0.2, 0.25) is 21.7 Å². The number of sulfonamides is 1. The van der Waals surface area contributed by atoms with Gasteiger partial charge in [-0.25, -0.2) is 13.1 Å². The minimum absolute atomic E-state index is 0.0704. The van der Waals surface area contributed by atoms with Gasteiger partial charge in [0.05, 0.1) is 24.7 Å². The van der Waals surface area contributed by atoms with Gasteiger partial charge in [-0.1, -0.05) is 30.3 Å². The molecule has 2 aromatic carbocycles. The van der Waals surface area contributed by atoms with Crippen molar-refractivity contribution < 1.29 is 22.4 Å². The topological polar surface area (TPSA) is 104 Å². The molecule has 9 heteroatoms. The van der Waals surface area contributed by atoms with E-state index in [1.807, 2.05) is 19.1 Å². The van der Waals surface area contributed by atoms with Crippen LogP contribution >= 0.6 is 0 Å². The van der Waals surface area contributed by atoms with E-state index in [1.54, 1.807) is 25.3 Å². The monoisotopic (exact) mass is 403 g/mol. The summed E-state index contributed by atoms with van der Waals surface area (Å²) in [7, 11) is -0.751. The summed E-state index contributed by atoms with van der Waals surface area (Å²) in [6.45, 7) is 1.98. The van der Waals surface area contributed by atoms with Gasteiger partial charge in [-0.2, -0.15) is 4.98 Å². The van der Waals surface area contributed by atoms with Gasteiger partial charge in [0, 0.05) is 18.5 Å². The predicted molar refractivity (Wildman–Crippen MR) is 103 cm³/mol. The fourth-order valence-electron chi connectivity index (χ4n) is 2.64. The van der Waals surface area contributed by atoms with Crippen LogP contribution in [0.1, 0.15) is 18.4 Å². The second-order valence-corrected chi connectivity index (χ2v) is 7.63. The number of rotatable bonds is 8. The summed E-state index contributed by atoms with van der Waals surface area (Å²) in [5, 5.41) is 3.91. The van der Waals surface area contributed by atoms with Crippen molar-refractivity contribution in [1.82, 2.24) is 14.9 Å². The van der Waals surface area contributed by atoms with Crippen LogP contribution in [0.25, 0.3) is 11.4 Å². The van der Waals surface area contributed by atoms with Crippen molar-refractivity contribution >= 4 is 10.0 Å². The molecule has 3 aromatic rings. The van der Waals surface area contributed by atoms with E-state index < -0.39 is 10.0 Å². The number of methoxy groups -OCH3 is 2. The fourth-order valence-corrected chi connectivity index (χ4v) is 3.67. The molecule has 0 aliphatic carbocycles. The summed E-state index contributed by atoms with van der Waals surface area (Å²) in [6, 6.07) is 11.7. The van der Waals surface area contributed by atoms with Crippen LogP contribution < -0.4 is 14.2 Å². The highest BCUT2D eigenvalue weighted by Gasteiger charge is 2.20. The van der Waals surface area contributed by atoms with Crippen LogP contribution in [0.3, 0.4) is 0 Å². The molecule has 1 heterocycles. The van der Waals surface area contributed by atoms with Gasteiger partial charge < -0.3 is 14.0 Å². The van der Waals surface area contributed by atoms with Crippen LogP contribution in [0.5, 0.6) is 11.5 Å². The molecule has 0 aliphatic heterocycles. The van der Waals surface area contributed by atoms with Crippen LogP contribution in [0, 0.1) is 0 Å². The van der Waals surface area contributed by atoms with E-state index >= 15 is 0 Å². The number of aryl methyl sites for hydroxylation is 1. The van der Waals surface area contributed by atoms with Crippen LogP contribution in [-0.4, -0.2) is 32.8 Å². The number of hydrogen-bond acceptors (Lipinski definition) is 7. The Hall–Kier alpha value is -2.91. The molecular weight excluding hydrogens is 382 g/mol. The van der Waals surface area contributed by atoms with Crippen molar-refractivity contribution in [2.24, 2.45) is 0 Å². The molecule has 0 aliphatic rings. The maximum Gasteiger partial charge on any atom is 0.240 e. The Morgan fingerprint density at radius 3 is 2.50 bits per heavy atom. The van der Waals surface area contributed by atoms with Crippen molar-refractivity contribution in [3.05, 3.63) is 53.9 Å². The van der Waals surface area contributed by atoms with Crippen molar-refractivity contribution in [3.8, 4) is 22.9 Å². The molecule has 1 aromatic heterocycles. The van der Waals surface area contributed by atoms with E-state index in [9.17, 15) is 8.42 Å². The van der Waals surface area contributed by atoms with Gasteiger partial charge in [0.1, 0.15) is 11.5 Å². The lowest BCUT2D eigenvalue weighted by atomic mass is 10.2. The third-order valence-corrected chi connectivity index (χ3v) is 5.54. The van der Waals surface area contributed by atoms with Crippen LogP contribution in [0.2, 0.25) is 0 Å². The molecule has 28 heavy (non-hydrogen) atoms. The Bertz CT molecular complexity index is 1060. The normalized spacial score (nSPS) is 11.4. The zero-order valence-corrected chi connectivity index (χ0v) is 16.6. The minimum atomic E-state index is -3.78. The Balaban J connectivity index is 1.90. The zero-order chi connectivity index (χ0) is 20.1. The average Bonchev–Trinajstić information content (AvgIpc) is 3.21. The van der Waals surface area contributed by atoms with E-state index in [0.29, 0.717) is 29.4 Å². The Kier molecular flexibility index (Phi) is 5.96. The number of nitrogens with one attached hydrogen (secondary N) is 1. The lowest BCUT2D eigenvalue weighted by molar-refractivity contribution is 0.382. The Morgan fingerprint density at radius 1 is 1.07 bits per heavy atom. The van der Waals surface area contributed by atoms with Gasteiger partial charge in [-0.15, -0.1) is 0 Å². The fraction of sp³-hybridized carbons (Fsp3) is 0.263. The molecule has 3 rings (SSSR count). The first-order valence-corrected chi connectivity index (χ1v) is 10.1. The van der Waals surface area contributed by atoms with Crippen molar-refractivity contribution in [1.29, 1.82) is 0 Å². The highest BCUT2D eigenvalue weighted by atomic mass is 32.2. The first-order chi connectivity index (χ1) is 13.5. The maximum atomic E-state index is 12.8. The minimum Gasteiger partial charge on any atom is -0.496 e. The van der Waals surface area contributed by atoms with Crippen LogP contribution in [0.15, 0.2) is 51.9 Å². The molecular formula is C19H21N3O5S. The Morgan fingerprint density at radius 2 is 1.82 bits per heavy atom. The standard InChI is InChI=1S/C19H21N3O5S/c1-4-18-21-19(22-27-18)15-11-14(9-10-17(15)26-3)28(23,24)20-12-13-7-5-6-8-16(13)25-2/h5-11,20H,4,12H2,1-3H3. The molecule has 0 atom stereocenters. The first kappa shape index (κ1) is 19.8. The van der Waals surface area contributed by atoms with Gasteiger partial charge >= 0.3 is 0 Å². The molecule has 0 amide bonds. The molecule has 0 saturated carbocycles. The molecule has 0 fully saturated rings. The smallest absolute Gasteiger partial charge is 0.240 e. The van der Waals surface area contributed by atoms with Crippen LogP contribution in [0.4, 0.5) is 0 Å². The summed E-state index contributed by atoms with van der Waals surface area (Å²) < 4.78 is 43.9. The quantitative estimate of drug-likeness (QED) is 0.617. The summed E-state index contributed by atoms with van der Waals surface area (Å²) in [6.07, 6.45) is 0.577. The molecule has 0 unspecified atom stereocenters. The van der Waals surface area contributed by atoms with E-state index in [2.05, 4.69) is 14.9 Å². The van der Waals surface area contributed by atoms with E-state index in [1.165, 1.54) is 19.2 Å². The number of nitrogens with zero attached hydrogens (tertiary/aromatic N) is 2. The number of ether oxygens (including phenoxy) is 2. The molecule has 0 radical (unpaired) electrons. The number of para-hydroxylation sites is 1. The molecule has 0 spiro atoms. The molecule has 0 bridgehead atoms. The van der Waals surface area contributed by atoms with Crippen molar-refractivity contribution in [3.63, 3.8) is 0 Å². The second-order valence-electron chi connectivity index (χ2n) is 5.86. The third-order valence-electron chi connectivity index (χ3n) is 4.14. The van der Waals surface area contributed by atoms with Crippen molar-refractivity contribution in [2.75, 3.05) is 14.2 Å². The highest BCUT2D eigenvalue weighted by molar-refractivity contribution is 7.89. The highest BCUT2D eigenvalue weighted by Crippen LogP contribution is 2.30. The van der Waals surface area contributed by atoms with E-state index in [0.717, 1.165) is 5.56 Å². The zero-order valence-electron chi connectivity index (χ0n) is 15.8. The van der Waals surface area contributed by atoms with Gasteiger partial charge in [-0.05, 0) is 24.3 Å². The van der Waals surface area contributed by atoms with Crippen molar-refractivity contribution in [2.45, 2.75) is 24.8 Å². The van der Waals surface area contributed by atoms with Gasteiger partial charge in [0.25, 0.3) is 0 Å². The summed E-state index contributed by atoms with van der Waals surface area (Å²) in [4.78, 5) is 4.33. The summed E-state index contributed by atoms with van der Waals surface area (Å²) in [5.74, 6) is 1.79. The van der Waals surface area contributed by atoms with Gasteiger partial charge in [0.15, 0.2) is 0 Å². The molecule has 8 nitrogen and oxygen atoms in total. The summed E-state index contributed by atoms with van der Waals surface area (Å²) in [5.41, 5.74) is 1.17. The third kappa shape index (κ3) is 4.15. The second kappa shape index (κ2) is 8.41. The van der Waals surface area contributed by atoms with Crippen LogP contribution in [-0.2, 0) is 23.0 Å². The number of aromatic nitrogens is 2. The lowest BCUT2D eigenvalue weighted by Gasteiger charge is -2.12. The predicted octanol–water partition coefficient (Wildman–Crippen LogP) is 2.79. The number of benzene rings is 2. The first-order valence-electron chi connectivity index (χ1n) is 8.61. The summed E-state index contributed by atoms with van der Waals surface area (Å²) >= 11 is 0. The lowest BCUT2D eigenvalue weighted by Crippen LogP contribution is -2.23. The Labute approximate surface area is 163 Å². The van der Waals surface area contributed by atoms with E-state index in [-0.39, 0.29) is 17.3 Å². The largest absolute Gasteiger partial charge is 0.496 e. The molecule has 1 N–H and O–H groups in total. The number of hydrogen-bond donors (Lipinski definition) is 1. The molecule has 0 saturated heterocycles. The maximum absolute atomic E-state index is 12.8. The van der Waals surface area contributed by atoms with Gasteiger partial charge in [-0.3, -0.25) is 0 Å². The average molecular weight is 403 g/mol. The SMILES string of the molecule is CCc1nc(-c2cc(S(=O)(=O)NCc3ccccc3OC)ccc2OC)no1. The van der Waals surface area contributed by atoms with E-state index in [4.69, 9.17) is 14.0 Å².